The van der Waals surface area contributed by atoms with Crippen LogP contribution in [0.1, 0.15) is 5.76 Å². The number of hydrogen-bond donors (Lipinski definition) is 0. The average Bonchev–Trinajstić information content (AvgIpc) is 2.46. The lowest BCUT2D eigenvalue weighted by atomic mass is 10.1. The van der Waals surface area contributed by atoms with Gasteiger partial charge in [0.1, 0.15) is 0 Å². The first kappa shape index (κ1) is 16.4. The number of hydrogen-bond acceptors (Lipinski definition) is 4. The molecular weight excluding hydrogens is 308 g/mol. The molecule has 0 fully saturated rings. The summed E-state index contributed by atoms with van der Waals surface area (Å²) in [7, 11) is -4.94. The quantitative estimate of drug-likeness (QED) is 0.584. The molecule has 0 unspecified atom stereocenters. The summed E-state index contributed by atoms with van der Waals surface area (Å²) in [6.07, 6.45) is 0. The van der Waals surface area contributed by atoms with E-state index in [-0.39, 0.29) is 0 Å². The van der Waals surface area contributed by atoms with Gasteiger partial charge in [0.15, 0.2) is 0 Å². The van der Waals surface area contributed by atoms with E-state index < -0.39 is 10.2 Å². The standard InChI is InChI=1S/C16H13O.ClHO4/c1-12-15-10-6-5-9-14(15)11-16(17-12)13-7-3-2-4-8-13;2-1(3,4)5/h2-11H,1H3;(H,2,3,4,5)/q+1;/p-1. The summed E-state index contributed by atoms with van der Waals surface area (Å²) in [6.45, 7) is 2.01. The lowest BCUT2D eigenvalue weighted by Crippen LogP contribution is -2.68. The minimum Gasteiger partial charge on any atom is -0.222 e. The lowest BCUT2D eigenvalue weighted by molar-refractivity contribution is -2.00. The Bertz CT molecular complexity index is 747. The van der Waals surface area contributed by atoms with E-state index in [1.54, 1.807) is 0 Å². The van der Waals surface area contributed by atoms with E-state index in [9.17, 15) is 0 Å². The topological polar surface area (TPSA) is 104 Å². The number of halogens is 1. The smallest absolute Gasteiger partial charge is 0.222 e. The van der Waals surface area contributed by atoms with Gasteiger partial charge in [0.05, 0.1) is 23.9 Å². The summed E-state index contributed by atoms with van der Waals surface area (Å²) in [5, 5.41) is 2.39. The second-order valence-corrected chi connectivity index (χ2v) is 5.25. The number of benzene rings is 2. The summed E-state index contributed by atoms with van der Waals surface area (Å²) in [4.78, 5) is 0. The molecule has 0 N–H and O–H groups in total. The van der Waals surface area contributed by atoms with Gasteiger partial charge in [-0.2, -0.15) is 0 Å². The molecule has 3 rings (SSSR count). The van der Waals surface area contributed by atoms with Crippen molar-refractivity contribution in [3.05, 3.63) is 66.4 Å². The molecule has 5 nitrogen and oxygen atoms in total. The minimum absolute atomic E-state index is 0.918. The summed E-state index contributed by atoms with van der Waals surface area (Å²) in [6, 6.07) is 20.6. The molecule has 22 heavy (non-hydrogen) atoms. The van der Waals surface area contributed by atoms with Gasteiger partial charge in [-0.05, 0) is 18.2 Å². The Kier molecular flexibility index (Phi) is 5.07. The summed E-state index contributed by atoms with van der Waals surface area (Å²) in [5.41, 5.74) is 1.11. The fourth-order valence-corrected chi connectivity index (χ4v) is 2.08. The number of fused-ring (bicyclic) bond motifs is 1. The number of aryl methyl sites for hydroxylation is 1. The van der Waals surface area contributed by atoms with Crippen molar-refractivity contribution < 1.29 is 33.3 Å². The van der Waals surface area contributed by atoms with E-state index in [4.69, 9.17) is 23.1 Å². The zero-order valence-electron chi connectivity index (χ0n) is 11.7. The van der Waals surface area contributed by atoms with Crippen molar-refractivity contribution in [1.82, 2.24) is 0 Å². The molecule has 0 radical (unpaired) electrons. The maximum absolute atomic E-state index is 8.49. The van der Waals surface area contributed by atoms with Crippen molar-refractivity contribution in [2.75, 3.05) is 0 Å². The summed E-state index contributed by atoms with van der Waals surface area (Å²) < 4.78 is 39.8. The monoisotopic (exact) mass is 320 g/mol. The highest BCUT2D eigenvalue weighted by atomic mass is 35.7. The molecule has 6 heteroatoms. The van der Waals surface area contributed by atoms with Crippen LogP contribution < -0.4 is 18.6 Å². The van der Waals surface area contributed by atoms with Gasteiger partial charge in [-0.1, -0.05) is 36.4 Å². The molecule has 2 aromatic carbocycles. The summed E-state index contributed by atoms with van der Waals surface area (Å²) >= 11 is 0. The Labute approximate surface area is 129 Å². The predicted molar refractivity (Wildman–Crippen MR) is 70.8 cm³/mol. The van der Waals surface area contributed by atoms with Crippen LogP contribution in [0, 0.1) is 17.2 Å². The van der Waals surface area contributed by atoms with Crippen molar-refractivity contribution in [2.24, 2.45) is 0 Å². The van der Waals surface area contributed by atoms with Gasteiger partial charge in [-0.25, -0.2) is 23.1 Å². The van der Waals surface area contributed by atoms with E-state index in [2.05, 4.69) is 36.4 Å². The Morgan fingerprint density at radius 1 is 0.818 bits per heavy atom. The molecule has 3 aromatic rings. The molecule has 0 aliphatic carbocycles. The zero-order chi connectivity index (χ0) is 16.2. The van der Waals surface area contributed by atoms with Crippen LogP contribution in [-0.2, 0) is 0 Å². The molecule has 0 aliphatic rings. The predicted octanol–water partition coefficient (Wildman–Crippen LogP) is -0.0667. The van der Waals surface area contributed by atoms with Gasteiger partial charge >= 0.3 is 11.5 Å². The van der Waals surface area contributed by atoms with Crippen molar-refractivity contribution in [2.45, 2.75) is 6.92 Å². The van der Waals surface area contributed by atoms with E-state index in [1.807, 2.05) is 31.2 Å². The van der Waals surface area contributed by atoms with Crippen LogP contribution in [-0.4, -0.2) is 0 Å². The highest BCUT2D eigenvalue weighted by Crippen LogP contribution is 2.27. The molecular formula is C16H13ClO5. The van der Waals surface area contributed by atoms with Gasteiger partial charge in [-0.15, -0.1) is 10.2 Å². The van der Waals surface area contributed by atoms with E-state index in [1.165, 1.54) is 10.8 Å². The van der Waals surface area contributed by atoms with Gasteiger partial charge in [0, 0.05) is 5.39 Å². The van der Waals surface area contributed by atoms with Gasteiger partial charge in [-0.3, -0.25) is 0 Å². The van der Waals surface area contributed by atoms with Crippen molar-refractivity contribution in [3.63, 3.8) is 0 Å². The Morgan fingerprint density at radius 3 is 2.00 bits per heavy atom. The van der Waals surface area contributed by atoms with Crippen LogP contribution in [0.5, 0.6) is 0 Å². The Morgan fingerprint density at radius 2 is 1.36 bits per heavy atom. The Hall–Kier alpha value is -2.02. The first-order valence-electron chi connectivity index (χ1n) is 6.34. The van der Waals surface area contributed by atoms with Crippen LogP contribution in [0.2, 0.25) is 0 Å². The third kappa shape index (κ3) is 4.77. The third-order valence-corrected chi connectivity index (χ3v) is 2.95. The van der Waals surface area contributed by atoms with Crippen LogP contribution in [0.15, 0.2) is 65.1 Å². The highest BCUT2D eigenvalue weighted by molar-refractivity contribution is 5.86. The van der Waals surface area contributed by atoms with Crippen molar-refractivity contribution in [3.8, 4) is 11.3 Å². The van der Waals surface area contributed by atoms with Gasteiger partial charge < -0.3 is 0 Å². The van der Waals surface area contributed by atoms with Crippen molar-refractivity contribution >= 4 is 10.8 Å². The van der Waals surface area contributed by atoms with Crippen LogP contribution in [0.4, 0.5) is 0 Å². The number of rotatable bonds is 1. The van der Waals surface area contributed by atoms with Crippen LogP contribution in [0.25, 0.3) is 22.1 Å². The first-order chi connectivity index (χ1) is 10.3. The van der Waals surface area contributed by atoms with Crippen molar-refractivity contribution in [1.29, 1.82) is 0 Å². The second kappa shape index (κ2) is 6.83. The second-order valence-electron chi connectivity index (χ2n) is 4.50. The zero-order valence-corrected chi connectivity index (χ0v) is 12.4. The molecule has 0 amide bonds. The summed E-state index contributed by atoms with van der Waals surface area (Å²) in [5.74, 6) is 1.88. The maximum Gasteiger partial charge on any atom is 0.360 e. The molecule has 0 aliphatic heterocycles. The normalized spacial score (nSPS) is 11.0. The molecule has 0 saturated heterocycles. The fourth-order valence-electron chi connectivity index (χ4n) is 2.08. The molecule has 0 bridgehead atoms. The van der Waals surface area contributed by atoms with Crippen LogP contribution in [0.3, 0.4) is 0 Å². The van der Waals surface area contributed by atoms with E-state index in [0.29, 0.717) is 0 Å². The molecule has 0 atom stereocenters. The largest absolute Gasteiger partial charge is 0.360 e. The highest BCUT2D eigenvalue weighted by Gasteiger charge is 2.16. The Balaban J connectivity index is 0.000000309. The lowest BCUT2D eigenvalue weighted by Gasteiger charge is -2.17. The molecule has 0 saturated carbocycles. The average molecular weight is 321 g/mol. The molecule has 1 aromatic heterocycles. The minimum atomic E-state index is -4.94. The van der Waals surface area contributed by atoms with Crippen LogP contribution >= 0.6 is 0 Å². The maximum atomic E-state index is 8.49. The fraction of sp³-hybridized carbons (Fsp3) is 0.0625. The van der Waals surface area contributed by atoms with Gasteiger partial charge in [0.25, 0.3) is 0 Å². The molecule has 114 valence electrons. The molecule has 1 heterocycles. The van der Waals surface area contributed by atoms with Gasteiger partial charge in [0.2, 0.25) is 0 Å². The SMILES string of the molecule is Cc1[o+]c(-c2ccccc2)cc2ccccc12.[O-][Cl+3]([O-])([O-])[O-]. The van der Waals surface area contributed by atoms with E-state index >= 15 is 0 Å². The molecule has 0 spiro atoms. The first-order valence-corrected chi connectivity index (χ1v) is 7.58. The van der Waals surface area contributed by atoms with E-state index in [0.717, 1.165) is 17.1 Å². The third-order valence-electron chi connectivity index (χ3n) is 2.95.